The third kappa shape index (κ3) is 2.41. The van der Waals surface area contributed by atoms with Gasteiger partial charge in [-0.05, 0) is 6.07 Å². The van der Waals surface area contributed by atoms with E-state index in [1.54, 1.807) is 0 Å². The minimum atomic E-state index is -4.20. The van der Waals surface area contributed by atoms with Crippen LogP contribution in [0.1, 0.15) is 4.88 Å². The fourth-order valence-corrected chi connectivity index (χ4v) is 2.27. The molecule has 2 rings (SSSR count). The fraction of sp³-hybridized carbons (Fsp3) is 0.333. The van der Waals surface area contributed by atoms with Gasteiger partial charge in [-0.1, -0.05) is 0 Å². The lowest BCUT2D eigenvalue weighted by molar-refractivity contribution is -0.126. The van der Waals surface area contributed by atoms with Gasteiger partial charge in [0.1, 0.15) is 4.83 Å². The first-order valence-corrected chi connectivity index (χ1v) is 5.16. The second-order valence-corrected chi connectivity index (χ2v) is 4.24. The number of thiophene rings is 1. The lowest BCUT2D eigenvalue weighted by Gasteiger charge is -2.01. The summed E-state index contributed by atoms with van der Waals surface area (Å²) >= 11 is 1.00. The smallest absolute Gasteiger partial charge is 0.393 e. The minimum absolute atomic E-state index is 0.160. The maximum atomic E-state index is 12.2. The molecule has 0 aromatic carbocycles. The molecule has 2 aromatic heterocycles. The zero-order chi connectivity index (χ0) is 11.8. The molecule has 16 heavy (non-hydrogen) atoms. The van der Waals surface area contributed by atoms with Crippen molar-refractivity contribution in [1.29, 1.82) is 0 Å². The molecule has 0 bridgehead atoms. The highest BCUT2D eigenvalue weighted by molar-refractivity contribution is 7.18. The van der Waals surface area contributed by atoms with Gasteiger partial charge in [0, 0.05) is 16.5 Å². The highest BCUT2D eigenvalue weighted by atomic mass is 32.1. The molecule has 86 valence electrons. The maximum Gasteiger partial charge on any atom is 0.393 e. The Bertz CT molecular complexity index is 509. The first-order valence-electron chi connectivity index (χ1n) is 4.34. The average Bonchev–Trinajstić information content (AvgIpc) is 2.55. The summed E-state index contributed by atoms with van der Waals surface area (Å²) in [7, 11) is 1.41. The SMILES string of the molecule is COc1ncc2cc(CC(F)(F)F)sc2n1. The molecule has 0 amide bonds. The Kier molecular flexibility index (Phi) is 2.71. The standard InChI is InChI=1S/C9H7F3N2OS/c1-15-8-13-4-5-2-6(3-9(10,11)12)16-7(5)14-8/h2,4H,3H2,1H3. The van der Waals surface area contributed by atoms with E-state index in [9.17, 15) is 13.2 Å². The number of hydrogen-bond acceptors (Lipinski definition) is 4. The van der Waals surface area contributed by atoms with E-state index < -0.39 is 12.6 Å². The largest absolute Gasteiger partial charge is 0.467 e. The molecule has 0 radical (unpaired) electrons. The van der Waals surface area contributed by atoms with Crippen LogP contribution < -0.4 is 4.74 Å². The molecule has 0 N–H and O–H groups in total. The van der Waals surface area contributed by atoms with Crippen molar-refractivity contribution in [2.75, 3.05) is 7.11 Å². The summed E-state index contributed by atoms with van der Waals surface area (Å²) in [5.41, 5.74) is 0. The summed E-state index contributed by atoms with van der Waals surface area (Å²) in [6.45, 7) is 0. The van der Waals surface area contributed by atoms with Gasteiger partial charge in [-0.2, -0.15) is 18.2 Å². The third-order valence-corrected chi connectivity index (χ3v) is 2.90. The van der Waals surface area contributed by atoms with Gasteiger partial charge < -0.3 is 4.74 Å². The van der Waals surface area contributed by atoms with Crippen molar-refractivity contribution in [2.24, 2.45) is 0 Å². The molecular formula is C9H7F3N2OS. The van der Waals surface area contributed by atoms with E-state index in [4.69, 9.17) is 4.74 Å². The van der Waals surface area contributed by atoms with Crippen molar-refractivity contribution in [3.63, 3.8) is 0 Å². The van der Waals surface area contributed by atoms with E-state index >= 15 is 0 Å². The summed E-state index contributed by atoms with van der Waals surface area (Å²) < 4.78 is 41.3. The lowest BCUT2D eigenvalue weighted by atomic mass is 10.3. The molecule has 0 aliphatic heterocycles. The van der Waals surface area contributed by atoms with E-state index in [0.29, 0.717) is 10.2 Å². The Morgan fingerprint density at radius 3 is 2.81 bits per heavy atom. The molecule has 3 nitrogen and oxygen atoms in total. The second-order valence-electron chi connectivity index (χ2n) is 3.12. The van der Waals surface area contributed by atoms with Crippen molar-refractivity contribution in [2.45, 2.75) is 12.6 Å². The molecule has 7 heteroatoms. The Hall–Kier alpha value is -1.37. The number of ether oxygens (including phenoxy) is 1. The van der Waals surface area contributed by atoms with Crippen LogP contribution in [0.4, 0.5) is 13.2 Å². The Labute approximate surface area is 92.9 Å². The Morgan fingerprint density at radius 2 is 2.19 bits per heavy atom. The van der Waals surface area contributed by atoms with Crippen LogP contribution in [0, 0.1) is 0 Å². The average molecular weight is 248 g/mol. The van der Waals surface area contributed by atoms with Gasteiger partial charge in [0.25, 0.3) is 0 Å². The molecule has 0 unspecified atom stereocenters. The summed E-state index contributed by atoms with van der Waals surface area (Å²) in [5, 5.41) is 0.602. The third-order valence-electron chi connectivity index (χ3n) is 1.86. The number of rotatable bonds is 2. The first kappa shape index (κ1) is 11.1. The van der Waals surface area contributed by atoms with Gasteiger partial charge in [0.2, 0.25) is 0 Å². The minimum Gasteiger partial charge on any atom is -0.467 e. The molecule has 0 saturated heterocycles. The quantitative estimate of drug-likeness (QED) is 0.819. The van der Waals surface area contributed by atoms with E-state index in [1.807, 2.05) is 0 Å². The number of nitrogens with zero attached hydrogens (tertiary/aromatic N) is 2. The van der Waals surface area contributed by atoms with Gasteiger partial charge in [0.15, 0.2) is 0 Å². The van der Waals surface area contributed by atoms with Crippen LogP contribution in [0.2, 0.25) is 0 Å². The van der Waals surface area contributed by atoms with Gasteiger partial charge in [-0.15, -0.1) is 11.3 Å². The molecule has 0 fully saturated rings. The Morgan fingerprint density at radius 1 is 1.44 bits per heavy atom. The van der Waals surface area contributed by atoms with Gasteiger partial charge in [-0.3, -0.25) is 0 Å². The van der Waals surface area contributed by atoms with E-state index in [0.717, 1.165) is 11.3 Å². The van der Waals surface area contributed by atoms with Crippen LogP contribution in [0.3, 0.4) is 0 Å². The van der Waals surface area contributed by atoms with Crippen LogP contribution in [-0.4, -0.2) is 23.3 Å². The van der Waals surface area contributed by atoms with Crippen LogP contribution in [0.25, 0.3) is 10.2 Å². The molecule has 0 spiro atoms. The molecule has 2 heterocycles. The zero-order valence-electron chi connectivity index (χ0n) is 8.21. The molecule has 0 atom stereocenters. The van der Waals surface area contributed by atoms with Gasteiger partial charge in [-0.25, -0.2) is 4.98 Å². The van der Waals surface area contributed by atoms with Crippen molar-refractivity contribution < 1.29 is 17.9 Å². The van der Waals surface area contributed by atoms with Gasteiger partial charge in [0.05, 0.1) is 13.5 Å². The molecule has 2 aromatic rings. The second kappa shape index (κ2) is 3.89. The zero-order valence-corrected chi connectivity index (χ0v) is 9.02. The number of halogens is 3. The molecule has 0 aliphatic rings. The van der Waals surface area contributed by atoms with Crippen LogP contribution in [-0.2, 0) is 6.42 Å². The van der Waals surface area contributed by atoms with Gasteiger partial charge >= 0.3 is 12.2 Å². The number of hydrogen-bond donors (Lipinski definition) is 0. The number of methoxy groups -OCH3 is 1. The molecule has 0 saturated carbocycles. The highest BCUT2D eigenvalue weighted by Crippen LogP contribution is 2.30. The van der Waals surface area contributed by atoms with Crippen molar-refractivity contribution in [3.05, 3.63) is 17.1 Å². The fourth-order valence-electron chi connectivity index (χ4n) is 1.25. The topological polar surface area (TPSA) is 35.0 Å². The van der Waals surface area contributed by atoms with Crippen molar-refractivity contribution in [3.8, 4) is 6.01 Å². The normalized spacial score (nSPS) is 12.0. The molecular weight excluding hydrogens is 241 g/mol. The van der Waals surface area contributed by atoms with E-state index in [2.05, 4.69) is 9.97 Å². The maximum absolute atomic E-state index is 12.2. The predicted octanol–water partition coefficient (Wildman–Crippen LogP) is 2.80. The number of fused-ring (bicyclic) bond motifs is 1. The summed E-state index contributed by atoms with van der Waals surface area (Å²) in [4.78, 5) is 8.52. The van der Waals surface area contributed by atoms with Crippen molar-refractivity contribution >= 4 is 21.6 Å². The number of aromatic nitrogens is 2. The summed E-state index contributed by atoms with van der Waals surface area (Å²) in [6, 6.07) is 1.61. The van der Waals surface area contributed by atoms with E-state index in [1.165, 1.54) is 19.4 Å². The van der Waals surface area contributed by atoms with Crippen molar-refractivity contribution in [1.82, 2.24) is 9.97 Å². The summed E-state index contributed by atoms with van der Waals surface area (Å²) in [5.74, 6) is 0. The van der Waals surface area contributed by atoms with Crippen LogP contribution in [0.15, 0.2) is 12.3 Å². The summed E-state index contributed by atoms with van der Waals surface area (Å²) in [6.07, 6.45) is -3.67. The Balaban J connectivity index is 2.36. The van der Waals surface area contributed by atoms with Crippen LogP contribution >= 0.6 is 11.3 Å². The van der Waals surface area contributed by atoms with Crippen LogP contribution in [0.5, 0.6) is 6.01 Å². The lowest BCUT2D eigenvalue weighted by Crippen LogP contribution is -2.09. The molecule has 0 aliphatic carbocycles. The predicted molar refractivity (Wildman–Crippen MR) is 53.7 cm³/mol. The highest BCUT2D eigenvalue weighted by Gasteiger charge is 2.28. The van der Waals surface area contributed by atoms with E-state index in [-0.39, 0.29) is 10.9 Å². The number of alkyl halides is 3. The monoisotopic (exact) mass is 248 g/mol. The first-order chi connectivity index (χ1) is 7.48.